The number of hydrogen-bond donors (Lipinski definition) is 1. The van der Waals surface area contributed by atoms with Crippen molar-refractivity contribution in [3.8, 4) is 0 Å². The summed E-state index contributed by atoms with van der Waals surface area (Å²) in [6.45, 7) is 6.45. The number of rotatable bonds is 3. The number of carbonyl (C=O) groups is 1. The highest BCUT2D eigenvalue weighted by atomic mass is 35.5. The lowest BCUT2D eigenvalue weighted by molar-refractivity contribution is 0.0766. The van der Waals surface area contributed by atoms with Crippen LogP contribution in [0, 0.1) is 5.92 Å². The van der Waals surface area contributed by atoms with Gasteiger partial charge in [0.05, 0.1) is 4.90 Å². The van der Waals surface area contributed by atoms with Crippen molar-refractivity contribution < 1.29 is 13.2 Å². The zero-order valence-corrected chi connectivity index (χ0v) is 16.8. The van der Waals surface area contributed by atoms with E-state index in [4.69, 9.17) is 0 Å². The molecule has 0 spiro atoms. The lowest BCUT2D eigenvalue weighted by Crippen LogP contribution is -2.38. The van der Waals surface area contributed by atoms with Gasteiger partial charge in [0.25, 0.3) is 5.91 Å². The van der Waals surface area contributed by atoms with Crippen LogP contribution in [0.25, 0.3) is 0 Å². The molecule has 6 nitrogen and oxygen atoms in total. The van der Waals surface area contributed by atoms with E-state index in [9.17, 15) is 13.2 Å². The first-order valence-corrected chi connectivity index (χ1v) is 10.5. The van der Waals surface area contributed by atoms with Gasteiger partial charge in [-0.3, -0.25) is 4.79 Å². The summed E-state index contributed by atoms with van der Waals surface area (Å²) in [5.41, 5.74) is 0.549. The van der Waals surface area contributed by atoms with Crippen LogP contribution in [0.15, 0.2) is 29.2 Å². The molecule has 2 aliphatic heterocycles. The average molecular weight is 402 g/mol. The Balaban J connectivity index is 0.00000243. The van der Waals surface area contributed by atoms with Gasteiger partial charge in [-0.15, -0.1) is 12.4 Å². The Morgan fingerprint density at radius 3 is 2.35 bits per heavy atom. The Bertz CT molecular complexity index is 693. The van der Waals surface area contributed by atoms with E-state index in [0.717, 1.165) is 38.9 Å². The molecular formula is C18H28ClN3O3S. The second kappa shape index (κ2) is 9.17. The maximum Gasteiger partial charge on any atom is 0.253 e. The van der Waals surface area contributed by atoms with Gasteiger partial charge >= 0.3 is 0 Å². The molecule has 2 saturated heterocycles. The van der Waals surface area contributed by atoms with Crippen molar-refractivity contribution in [3.63, 3.8) is 0 Å². The van der Waals surface area contributed by atoms with Gasteiger partial charge in [0, 0.05) is 38.3 Å². The summed E-state index contributed by atoms with van der Waals surface area (Å²) in [6.07, 6.45) is 2.74. The standard InChI is InChI=1S/C18H27N3O3S.ClH/c1-15-7-12-21(13-8-15)25(23,24)17-5-3-16(4-6-17)18(22)20-11-2-9-19-10-14-20;/h3-6,15,19H,2,7-14H2,1H3;1H. The van der Waals surface area contributed by atoms with Crippen LogP contribution in [0.5, 0.6) is 0 Å². The van der Waals surface area contributed by atoms with E-state index in [0.29, 0.717) is 31.1 Å². The van der Waals surface area contributed by atoms with Crippen molar-refractivity contribution in [2.75, 3.05) is 39.3 Å². The van der Waals surface area contributed by atoms with Crippen molar-refractivity contribution >= 4 is 28.3 Å². The SMILES string of the molecule is CC1CCN(S(=O)(=O)c2ccc(C(=O)N3CCCNCC3)cc2)CC1.Cl. The van der Waals surface area contributed by atoms with E-state index in [-0.39, 0.29) is 23.2 Å². The minimum atomic E-state index is -3.46. The Morgan fingerprint density at radius 2 is 1.69 bits per heavy atom. The highest BCUT2D eigenvalue weighted by molar-refractivity contribution is 7.89. The molecule has 1 aromatic rings. The zero-order chi connectivity index (χ0) is 17.9. The van der Waals surface area contributed by atoms with Gasteiger partial charge in [-0.05, 0) is 56.0 Å². The lowest BCUT2D eigenvalue weighted by atomic mass is 10.0. The van der Waals surface area contributed by atoms with Gasteiger partial charge in [0.2, 0.25) is 10.0 Å². The van der Waals surface area contributed by atoms with Crippen LogP contribution in [0.3, 0.4) is 0 Å². The fourth-order valence-corrected chi connectivity index (χ4v) is 4.84. The van der Waals surface area contributed by atoms with Crippen LogP contribution < -0.4 is 5.32 Å². The molecule has 146 valence electrons. The summed E-state index contributed by atoms with van der Waals surface area (Å²) in [5, 5.41) is 3.27. The Hall–Kier alpha value is -1.15. The highest BCUT2D eigenvalue weighted by Crippen LogP contribution is 2.23. The van der Waals surface area contributed by atoms with Crippen molar-refractivity contribution in [2.24, 2.45) is 5.92 Å². The summed E-state index contributed by atoms with van der Waals surface area (Å²) >= 11 is 0. The fraction of sp³-hybridized carbons (Fsp3) is 0.611. The third-order valence-electron chi connectivity index (χ3n) is 5.11. The topological polar surface area (TPSA) is 69.7 Å². The molecule has 0 aromatic heterocycles. The Morgan fingerprint density at radius 1 is 1.04 bits per heavy atom. The van der Waals surface area contributed by atoms with Gasteiger partial charge in [-0.2, -0.15) is 4.31 Å². The molecule has 0 unspecified atom stereocenters. The number of nitrogens with zero attached hydrogens (tertiary/aromatic N) is 2. The molecule has 0 bridgehead atoms. The Labute approximate surface area is 162 Å². The lowest BCUT2D eigenvalue weighted by Gasteiger charge is -2.29. The minimum Gasteiger partial charge on any atom is -0.337 e. The second-order valence-corrected chi connectivity index (χ2v) is 8.94. The fourth-order valence-electron chi connectivity index (χ4n) is 3.38. The summed E-state index contributed by atoms with van der Waals surface area (Å²) < 4.78 is 27.0. The van der Waals surface area contributed by atoms with Crippen LogP contribution >= 0.6 is 12.4 Å². The Kier molecular flexibility index (Phi) is 7.46. The third kappa shape index (κ3) is 4.76. The number of carbonyl (C=O) groups excluding carboxylic acids is 1. The maximum atomic E-state index is 12.7. The normalized spacial score (nSPS) is 20.3. The van der Waals surface area contributed by atoms with Gasteiger partial charge in [-0.1, -0.05) is 6.92 Å². The molecule has 1 amide bonds. The molecule has 8 heteroatoms. The summed E-state index contributed by atoms with van der Waals surface area (Å²) in [6, 6.07) is 6.41. The molecule has 2 fully saturated rings. The molecule has 2 aliphatic rings. The van der Waals surface area contributed by atoms with Crippen LogP contribution in [0.2, 0.25) is 0 Å². The highest BCUT2D eigenvalue weighted by Gasteiger charge is 2.28. The number of halogens is 1. The van der Waals surface area contributed by atoms with Crippen molar-refractivity contribution in [1.82, 2.24) is 14.5 Å². The van der Waals surface area contributed by atoms with Crippen LogP contribution in [0.4, 0.5) is 0 Å². The molecule has 1 aromatic carbocycles. The minimum absolute atomic E-state index is 0. The average Bonchev–Trinajstić information content (AvgIpc) is 2.91. The van der Waals surface area contributed by atoms with E-state index in [1.165, 1.54) is 0 Å². The van der Waals surface area contributed by atoms with Crippen LogP contribution in [-0.2, 0) is 10.0 Å². The predicted octanol–water partition coefficient (Wildman–Crippen LogP) is 1.96. The van der Waals surface area contributed by atoms with Gasteiger partial charge < -0.3 is 10.2 Å². The molecule has 0 aliphatic carbocycles. The van der Waals surface area contributed by atoms with E-state index in [1.807, 2.05) is 4.90 Å². The van der Waals surface area contributed by atoms with Crippen molar-refractivity contribution in [3.05, 3.63) is 29.8 Å². The van der Waals surface area contributed by atoms with Crippen molar-refractivity contribution in [1.29, 1.82) is 0 Å². The van der Waals surface area contributed by atoms with Gasteiger partial charge in [0.15, 0.2) is 0 Å². The number of nitrogens with one attached hydrogen (secondary N) is 1. The molecule has 26 heavy (non-hydrogen) atoms. The molecule has 2 heterocycles. The van der Waals surface area contributed by atoms with Gasteiger partial charge in [0.1, 0.15) is 0 Å². The first-order valence-electron chi connectivity index (χ1n) is 9.08. The smallest absolute Gasteiger partial charge is 0.253 e. The van der Waals surface area contributed by atoms with E-state index >= 15 is 0 Å². The van der Waals surface area contributed by atoms with Crippen molar-refractivity contribution in [2.45, 2.75) is 31.1 Å². The number of benzene rings is 1. The van der Waals surface area contributed by atoms with Crippen LogP contribution in [-0.4, -0.2) is 62.8 Å². The summed E-state index contributed by atoms with van der Waals surface area (Å²) in [7, 11) is -3.46. The molecule has 0 saturated carbocycles. The molecule has 0 atom stereocenters. The number of hydrogen-bond acceptors (Lipinski definition) is 4. The van der Waals surface area contributed by atoms with Crippen LogP contribution in [0.1, 0.15) is 36.5 Å². The number of amides is 1. The molecular weight excluding hydrogens is 374 g/mol. The maximum absolute atomic E-state index is 12.7. The molecule has 0 radical (unpaired) electrons. The van der Waals surface area contributed by atoms with Gasteiger partial charge in [-0.25, -0.2) is 8.42 Å². The first-order chi connectivity index (χ1) is 12.0. The number of piperidine rings is 1. The number of sulfonamides is 1. The molecule has 1 N–H and O–H groups in total. The van der Waals surface area contributed by atoms with E-state index < -0.39 is 10.0 Å². The first kappa shape index (κ1) is 21.2. The predicted molar refractivity (Wildman–Crippen MR) is 104 cm³/mol. The zero-order valence-electron chi connectivity index (χ0n) is 15.2. The molecule has 3 rings (SSSR count). The quantitative estimate of drug-likeness (QED) is 0.840. The monoisotopic (exact) mass is 401 g/mol. The summed E-state index contributed by atoms with van der Waals surface area (Å²) in [5.74, 6) is 0.550. The third-order valence-corrected chi connectivity index (χ3v) is 7.02. The summed E-state index contributed by atoms with van der Waals surface area (Å²) in [4.78, 5) is 14.7. The van der Waals surface area contributed by atoms with E-state index in [2.05, 4.69) is 12.2 Å². The second-order valence-electron chi connectivity index (χ2n) is 7.01. The van der Waals surface area contributed by atoms with E-state index in [1.54, 1.807) is 28.6 Å². The largest absolute Gasteiger partial charge is 0.337 e.